The Hall–Kier alpha value is -1.02. The van der Waals surface area contributed by atoms with Gasteiger partial charge in [0.25, 0.3) is 0 Å². The number of carboxylic acids is 1. The molecule has 0 fully saturated rings. The van der Waals surface area contributed by atoms with Gasteiger partial charge in [-0.2, -0.15) is 0 Å². The van der Waals surface area contributed by atoms with Gasteiger partial charge in [0.1, 0.15) is 0 Å². The van der Waals surface area contributed by atoms with Crippen molar-refractivity contribution in [1.82, 2.24) is 4.98 Å². The van der Waals surface area contributed by atoms with Gasteiger partial charge in [-0.05, 0) is 0 Å². The van der Waals surface area contributed by atoms with Crippen LogP contribution < -0.4 is 0 Å². The van der Waals surface area contributed by atoms with Crippen LogP contribution in [0.15, 0.2) is 5.38 Å². The molecule has 0 aliphatic heterocycles. The van der Waals surface area contributed by atoms with E-state index in [4.69, 9.17) is 19.3 Å². The lowest BCUT2D eigenvalue weighted by Crippen LogP contribution is -2.08. The Bertz CT molecular complexity index is 341. The minimum atomic E-state index is -1.01. The second-order valence-corrected chi connectivity index (χ2v) is 3.97. The molecule has 1 heterocycles. The van der Waals surface area contributed by atoms with Gasteiger partial charge in [-0.25, -0.2) is 9.78 Å². The zero-order valence-electron chi connectivity index (χ0n) is 9.55. The zero-order valence-corrected chi connectivity index (χ0v) is 10.4. The molecule has 0 spiro atoms. The standard InChI is InChI=1S/C10H15NO5S/c1-14-2-3-15-4-5-16-6-8-7-17-9(11-8)10(12)13/h7H,2-6H2,1H3,(H,12,13). The molecule has 0 saturated carbocycles. The van der Waals surface area contributed by atoms with Crippen LogP contribution in [0.2, 0.25) is 0 Å². The van der Waals surface area contributed by atoms with Crippen molar-refractivity contribution >= 4 is 17.3 Å². The molecule has 0 saturated heterocycles. The van der Waals surface area contributed by atoms with Gasteiger partial charge < -0.3 is 19.3 Å². The number of carboxylic acid groups (broad SMARTS) is 1. The molecular formula is C10H15NO5S. The van der Waals surface area contributed by atoms with Crippen molar-refractivity contribution in [1.29, 1.82) is 0 Å². The van der Waals surface area contributed by atoms with Gasteiger partial charge in [-0.1, -0.05) is 0 Å². The zero-order chi connectivity index (χ0) is 12.5. The predicted molar refractivity (Wildman–Crippen MR) is 61.4 cm³/mol. The van der Waals surface area contributed by atoms with E-state index in [-0.39, 0.29) is 5.01 Å². The maximum absolute atomic E-state index is 10.6. The van der Waals surface area contributed by atoms with E-state index >= 15 is 0 Å². The Kier molecular flexibility index (Phi) is 6.71. The number of aromatic carboxylic acids is 1. The fourth-order valence-electron chi connectivity index (χ4n) is 1.01. The molecule has 17 heavy (non-hydrogen) atoms. The van der Waals surface area contributed by atoms with Crippen molar-refractivity contribution in [2.45, 2.75) is 6.61 Å². The molecule has 1 aromatic rings. The lowest BCUT2D eigenvalue weighted by molar-refractivity contribution is 0.0193. The van der Waals surface area contributed by atoms with E-state index in [1.54, 1.807) is 12.5 Å². The number of nitrogens with zero attached hydrogens (tertiary/aromatic N) is 1. The fourth-order valence-corrected chi connectivity index (χ4v) is 1.65. The van der Waals surface area contributed by atoms with E-state index in [1.165, 1.54) is 0 Å². The number of ether oxygens (including phenoxy) is 3. The van der Waals surface area contributed by atoms with Gasteiger partial charge in [-0.15, -0.1) is 11.3 Å². The van der Waals surface area contributed by atoms with Gasteiger partial charge >= 0.3 is 5.97 Å². The number of aromatic nitrogens is 1. The summed E-state index contributed by atoms with van der Waals surface area (Å²) in [6.45, 7) is 2.34. The highest BCUT2D eigenvalue weighted by Crippen LogP contribution is 2.10. The average molecular weight is 261 g/mol. The van der Waals surface area contributed by atoms with Gasteiger partial charge in [0.15, 0.2) is 0 Å². The van der Waals surface area contributed by atoms with Crippen LogP contribution in [0, 0.1) is 0 Å². The summed E-state index contributed by atoms with van der Waals surface area (Å²) in [6.07, 6.45) is 0. The van der Waals surface area contributed by atoms with Crippen molar-refractivity contribution in [2.24, 2.45) is 0 Å². The molecule has 7 heteroatoms. The topological polar surface area (TPSA) is 77.9 Å². The van der Waals surface area contributed by atoms with Crippen LogP contribution in [0.3, 0.4) is 0 Å². The summed E-state index contributed by atoms with van der Waals surface area (Å²) in [4.78, 5) is 14.5. The van der Waals surface area contributed by atoms with Crippen LogP contribution in [0.25, 0.3) is 0 Å². The van der Waals surface area contributed by atoms with E-state index < -0.39 is 5.97 Å². The van der Waals surface area contributed by atoms with Crippen LogP contribution in [0.1, 0.15) is 15.5 Å². The number of hydrogen-bond acceptors (Lipinski definition) is 6. The highest BCUT2D eigenvalue weighted by molar-refractivity contribution is 7.11. The first-order chi connectivity index (χ1) is 8.24. The van der Waals surface area contributed by atoms with Gasteiger partial charge in [0, 0.05) is 12.5 Å². The smallest absolute Gasteiger partial charge is 0.365 e. The Morgan fingerprint density at radius 3 is 2.71 bits per heavy atom. The Labute approximate surface area is 103 Å². The third kappa shape index (κ3) is 5.73. The summed E-state index contributed by atoms with van der Waals surface area (Å²) in [5.74, 6) is -1.01. The normalized spacial score (nSPS) is 10.6. The summed E-state index contributed by atoms with van der Waals surface area (Å²) in [6, 6.07) is 0. The van der Waals surface area contributed by atoms with Crippen molar-refractivity contribution < 1.29 is 24.1 Å². The van der Waals surface area contributed by atoms with Crippen LogP contribution in [0.4, 0.5) is 0 Å². The molecule has 1 rings (SSSR count). The second-order valence-electron chi connectivity index (χ2n) is 3.11. The number of hydrogen-bond donors (Lipinski definition) is 1. The molecule has 0 bridgehead atoms. The van der Waals surface area contributed by atoms with Crippen molar-refractivity contribution in [2.75, 3.05) is 33.5 Å². The highest BCUT2D eigenvalue weighted by atomic mass is 32.1. The Morgan fingerprint density at radius 1 is 1.35 bits per heavy atom. The molecule has 0 aliphatic rings. The first-order valence-electron chi connectivity index (χ1n) is 5.06. The average Bonchev–Trinajstić information content (AvgIpc) is 2.77. The van der Waals surface area contributed by atoms with Crippen LogP contribution in [-0.2, 0) is 20.8 Å². The minimum Gasteiger partial charge on any atom is -0.476 e. The summed E-state index contributed by atoms with van der Waals surface area (Å²) in [7, 11) is 1.61. The maximum Gasteiger partial charge on any atom is 0.365 e. The lowest BCUT2D eigenvalue weighted by Gasteiger charge is -2.03. The number of methoxy groups -OCH3 is 1. The second kappa shape index (κ2) is 8.13. The molecule has 1 N–H and O–H groups in total. The molecule has 0 atom stereocenters. The molecule has 0 aliphatic carbocycles. The SMILES string of the molecule is COCCOCCOCc1csc(C(=O)O)n1. The van der Waals surface area contributed by atoms with Gasteiger partial charge in [0.05, 0.1) is 38.7 Å². The van der Waals surface area contributed by atoms with Gasteiger partial charge in [0.2, 0.25) is 5.01 Å². The predicted octanol–water partition coefficient (Wildman–Crippen LogP) is 1.02. The van der Waals surface area contributed by atoms with Gasteiger partial charge in [-0.3, -0.25) is 0 Å². The first kappa shape index (κ1) is 14.0. The highest BCUT2D eigenvalue weighted by Gasteiger charge is 2.08. The lowest BCUT2D eigenvalue weighted by atomic mass is 10.5. The first-order valence-corrected chi connectivity index (χ1v) is 5.94. The number of carbonyl (C=O) groups is 1. The monoisotopic (exact) mass is 261 g/mol. The summed E-state index contributed by atoms with van der Waals surface area (Å²) < 4.78 is 15.3. The van der Waals surface area contributed by atoms with Crippen molar-refractivity contribution in [3.8, 4) is 0 Å². The number of rotatable bonds is 9. The maximum atomic E-state index is 10.6. The van der Waals surface area contributed by atoms with Crippen LogP contribution in [0.5, 0.6) is 0 Å². The largest absolute Gasteiger partial charge is 0.476 e. The van der Waals surface area contributed by atoms with E-state index in [0.717, 1.165) is 11.3 Å². The van der Waals surface area contributed by atoms with Crippen molar-refractivity contribution in [3.63, 3.8) is 0 Å². The van der Waals surface area contributed by atoms with E-state index in [1.807, 2.05) is 0 Å². The van der Waals surface area contributed by atoms with Crippen molar-refractivity contribution in [3.05, 3.63) is 16.1 Å². The van der Waals surface area contributed by atoms with E-state index in [0.29, 0.717) is 38.7 Å². The summed E-state index contributed by atoms with van der Waals surface area (Å²) in [5, 5.41) is 10.4. The molecule has 6 nitrogen and oxygen atoms in total. The molecule has 0 unspecified atom stereocenters. The van der Waals surface area contributed by atoms with Crippen LogP contribution >= 0.6 is 11.3 Å². The van der Waals surface area contributed by atoms with E-state index in [2.05, 4.69) is 4.98 Å². The Morgan fingerprint density at radius 2 is 2.06 bits per heavy atom. The molecule has 0 amide bonds. The molecule has 0 radical (unpaired) electrons. The molecule has 0 aromatic carbocycles. The fraction of sp³-hybridized carbons (Fsp3) is 0.600. The number of thiazole rings is 1. The third-order valence-corrected chi connectivity index (χ3v) is 2.67. The molecule has 1 aromatic heterocycles. The Balaban J connectivity index is 2.07. The molecule has 96 valence electrons. The van der Waals surface area contributed by atoms with Crippen LogP contribution in [-0.4, -0.2) is 49.6 Å². The third-order valence-electron chi connectivity index (χ3n) is 1.79. The summed E-state index contributed by atoms with van der Waals surface area (Å²) in [5.41, 5.74) is 0.629. The van der Waals surface area contributed by atoms with E-state index in [9.17, 15) is 4.79 Å². The minimum absolute atomic E-state index is 0.0833. The quantitative estimate of drug-likeness (QED) is 0.669. The molecular weight excluding hydrogens is 246 g/mol. The summed E-state index contributed by atoms with van der Waals surface area (Å²) >= 11 is 1.09.